The minimum Gasteiger partial charge on any atom is -0.312 e. The molecule has 1 N–H and O–H groups in total. The van der Waals surface area contributed by atoms with Crippen LogP contribution in [0, 0.1) is 11.8 Å². The summed E-state index contributed by atoms with van der Waals surface area (Å²) in [7, 11) is -3.27. The van der Waals surface area contributed by atoms with Crippen molar-refractivity contribution in [3.8, 4) is 0 Å². The van der Waals surface area contributed by atoms with Gasteiger partial charge in [-0.05, 0) is 49.8 Å². The molecule has 21 heavy (non-hydrogen) atoms. The van der Waals surface area contributed by atoms with E-state index in [-0.39, 0.29) is 0 Å². The minimum absolute atomic E-state index is 0.510. The second-order valence-corrected chi connectivity index (χ2v) is 9.50. The highest BCUT2D eigenvalue weighted by atomic mass is 32.2. The van der Waals surface area contributed by atoms with E-state index in [1.165, 1.54) is 30.6 Å². The van der Waals surface area contributed by atoms with E-state index in [1.54, 1.807) is 10.4 Å². The molecule has 0 bridgehead atoms. The molecule has 1 saturated heterocycles. The Balaban J connectivity index is 1.67. The van der Waals surface area contributed by atoms with Gasteiger partial charge in [-0.15, -0.1) is 11.3 Å². The summed E-state index contributed by atoms with van der Waals surface area (Å²) in [5, 5.41) is 3.32. The SMILES string of the molecule is CCCNCc1ccc(S(=O)(=O)N2CC3CCCC3C2)s1. The topological polar surface area (TPSA) is 49.4 Å². The monoisotopic (exact) mass is 328 g/mol. The van der Waals surface area contributed by atoms with Crippen molar-refractivity contribution in [2.45, 2.75) is 43.4 Å². The van der Waals surface area contributed by atoms with E-state index in [4.69, 9.17) is 0 Å². The molecule has 1 aromatic rings. The Bertz CT molecular complexity index is 570. The van der Waals surface area contributed by atoms with E-state index in [2.05, 4.69) is 12.2 Å². The molecule has 2 atom stereocenters. The second-order valence-electron chi connectivity index (χ2n) is 6.17. The van der Waals surface area contributed by atoms with Gasteiger partial charge in [-0.25, -0.2) is 8.42 Å². The quantitative estimate of drug-likeness (QED) is 0.817. The number of rotatable bonds is 6. The van der Waals surface area contributed by atoms with Crippen molar-refractivity contribution < 1.29 is 8.42 Å². The van der Waals surface area contributed by atoms with E-state index in [0.29, 0.717) is 16.0 Å². The first kappa shape index (κ1) is 15.5. The van der Waals surface area contributed by atoms with Crippen LogP contribution in [0.2, 0.25) is 0 Å². The van der Waals surface area contributed by atoms with Gasteiger partial charge in [-0.3, -0.25) is 0 Å². The van der Waals surface area contributed by atoms with Crippen LogP contribution in [-0.2, 0) is 16.6 Å². The van der Waals surface area contributed by atoms with Gasteiger partial charge in [0.2, 0.25) is 0 Å². The predicted molar refractivity (Wildman–Crippen MR) is 85.9 cm³/mol. The Morgan fingerprint density at radius 1 is 1.29 bits per heavy atom. The number of sulfonamides is 1. The van der Waals surface area contributed by atoms with E-state index >= 15 is 0 Å². The Hall–Kier alpha value is -0.430. The first-order chi connectivity index (χ1) is 10.1. The Morgan fingerprint density at radius 2 is 2.00 bits per heavy atom. The van der Waals surface area contributed by atoms with Gasteiger partial charge in [0, 0.05) is 24.5 Å². The van der Waals surface area contributed by atoms with E-state index in [0.717, 1.165) is 37.5 Å². The zero-order valence-electron chi connectivity index (χ0n) is 12.5. The third-order valence-corrected chi connectivity index (χ3v) is 8.03. The van der Waals surface area contributed by atoms with E-state index < -0.39 is 10.0 Å². The maximum absolute atomic E-state index is 12.7. The fourth-order valence-electron chi connectivity index (χ4n) is 3.50. The summed E-state index contributed by atoms with van der Waals surface area (Å²) in [4.78, 5) is 1.10. The molecule has 0 radical (unpaired) electrons. The molecule has 2 aliphatic rings. The maximum Gasteiger partial charge on any atom is 0.252 e. The zero-order valence-corrected chi connectivity index (χ0v) is 14.2. The third-order valence-electron chi connectivity index (χ3n) is 4.65. The smallest absolute Gasteiger partial charge is 0.252 e. The van der Waals surface area contributed by atoms with Crippen LogP contribution >= 0.6 is 11.3 Å². The molecule has 2 heterocycles. The van der Waals surface area contributed by atoms with Crippen LogP contribution in [0.1, 0.15) is 37.5 Å². The highest BCUT2D eigenvalue weighted by molar-refractivity contribution is 7.91. The Kier molecular flexibility index (Phi) is 4.69. The summed E-state index contributed by atoms with van der Waals surface area (Å²) in [6, 6.07) is 3.72. The molecule has 6 heteroatoms. The number of nitrogens with zero attached hydrogens (tertiary/aromatic N) is 1. The van der Waals surface area contributed by atoms with Crippen LogP contribution < -0.4 is 5.32 Å². The Labute approximate surface area is 131 Å². The molecule has 2 fully saturated rings. The lowest BCUT2D eigenvalue weighted by Gasteiger charge is -2.15. The van der Waals surface area contributed by atoms with Gasteiger partial charge in [0.15, 0.2) is 0 Å². The molecule has 3 rings (SSSR count). The lowest BCUT2D eigenvalue weighted by Crippen LogP contribution is -2.29. The number of hydrogen-bond donors (Lipinski definition) is 1. The molecular weight excluding hydrogens is 304 g/mol. The first-order valence-electron chi connectivity index (χ1n) is 7.91. The molecule has 1 saturated carbocycles. The largest absolute Gasteiger partial charge is 0.312 e. The number of fused-ring (bicyclic) bond motifs is 1. The summed E-state index contributed by atoms with van der Waals surface area (Å²) in [5.41, 5.74) is 0. The van der Waals surface area contributed by atoms with Crippen LogP contribution in [0.4, 0.5) is 0 Å². The molecule has 1 aliphatic carbocycles. The molecule has 1 aliphatic heterocycles. The molecule has 2 unspecified atom stereocenters. The maximum atomic E-state index is 12.7. The van der Waals surface area contributed by atoms with Crippen LogP contribution in [0.3, 0.4) is 0 Å². The van der Waals surface area contributed by atoms with Gasteiger partial charge in [-0.1, -0.05) is 13.3 Å². The molecule has 1 aromatic heterocycles. The fraction of sp³-hybridized carbons (Fsp3) is 0.733. The lowest BCUT2D eigenvalue weighted by molar-refractivity contribution is 0.447. The molecule has 0 aromatic carbocycles. The standard InChI is InChI=1S/C15H24N2O2S2/c1-2-8-16-9-14-6-7-15(20-14)21(18,19)17-10-12-4-3-5-13(12)11-17/h6-7,12-13,16H,2-5,8-11H2,1H3. The summed E-state index contributed by atoms with van der Waals surface area (Å²) in [6.07, 6.45) is 4.77. The van der Waals surface area contributed by atoms with Gasteiger partial charge in [0.25, 0.3) is 10.0 Å². The van der Waals surface area contributed by atoms with Crippen molar-refractivity contribution in [1.29, 1.82) is 0 Å². The van der Waals surface area contributed by atoms with Crippen molar-refractivity contribution in [2.75, 3.05) is 19.6 Å². The average molecular weight is 329 g/mol. The molecule has 118 valence electrons. The van der Waals surface area contributed by atoms with Crippen molar-refractivity contribution >= 4 is 21.4 Å². The molecule has 4 nitrogen and oxygen atoms in total. The number of nitrogens with one attached hydrogen (secondary N) is 1. The minimum atomic E-state index is -3.27. The highest BCUT2D eigenvalue weighted by Crippen LogP contribution is 2.40. The summed E-state index contributed by atoms with van der Waals surface area (Å²) in [5.74, 6) is 1.20. The molecule has 0 amide bonds. The van der Waals surface area contributed by atoms with Crippen LogP contribution in [0.25, 0.3) is 0 Å². The van der Waals surface area contributed by atoms with Crippen molar-refractivity contribution in [3.63, 3.8) is 0 Å². The normalized spacial score (nSPS) is 26.3. The summed E-state index contributed by atoms with van der Waals surface area (Å²) < 4.78 is 27.7. The van der Waals surface area contributed by atoms with Gasteiger partial charge in [-0.2, -0.15) is 4.31 Å². The van der Waals surface area contributed by atoms with Crippen molar-refractivity contribution in [1.82, 2.24) is 9.62 Å². The van der Waals surface area contributed by atoms with Gasteiger partial charge < -0.3 is 5.32 Å². The van der Waals surface area contributed by atoms with Crippen LogP contribution in [0.15, 0.2) is 16.3 Å². The second kappa shape index (κ2) is 6.36. The predicted octanol–water partition coefficient (Wildman–Crippen LogP) is 2.67. The van der Waals surface area contributed by atoms with E-state index in [9.17, 15) is 8.42 Å². The summed E-state index contributed by atoms with van der Waals surface area (Å²) >= 11 is 1.41. The summed E-state index contributed by atoms with van der Waals surface area (Å²) in [6.45, 7) is 5.32. The van der Waals surface area contributed by atoms with Gasteiger partial charge in [0.05, 0.1) is 0 Å². The van der Waals surface area contributed by atoms with Crippen molar-refractivity contribution in [2.24, 2.45) is 11.8 Å². The first-order valence-corrected chi connectivity index (χ1v) is 10.2. The lowest BCUT2D eigenvalue weighted by atomic mass is 10.0. The molecule has 0 spiro atoms. The van der Waals surface area contributed by atoms with Gasteiger partial charge >= 0.3 is 0 Å². The fourth-order valence-corrected chi connectivity index (χ4v) is 6.53. The molecular formula is C15H24N2O2S2. The number of hydrogen-bond acceptors (Lipinski definition) is 4. The van der Waals surface area contributed by atoms with Gasteiger partial charge in [0.1, 0.15) is 4.21 Å². The third kappa shape index (κ3) is 3.18. The van der Waals surface area contributed by atoms with Crippen molar-refractivity contribution in [3.05, 3.63) is 17.0 Å². The Morgan fingerprint density at radius 3 is 2.67 bits per heavy atom. The zero-order chi connectivity index (χ0) is 14.9. The van der Waals surface area contributed by atoms with Crippen LogP contribution in [-0.4, -0.2) is 32.4 Å². The highest BCUT2D eigenvalue weighted by Gasteiger charge is 2.41. The van der Waals surface area contributed by atoms with Crippen LogP contribution in [0.5, 0.6) is 0 Å². The average Bonchev–Trinajstić information content (AvgIpc) is 3.14. The number of thiophene rings is 1. The van der Waals surface area contributed by atoms with E-state index in [1.807, 2.05) is 6.07 Å².